The lowest BCUT2D eigenvalue weighted by Gasteiger charge is -2.10. The number of Topliss-reactive ketones (excluding diaryl/α,β-unsaturated/α-hetero) is 1. The average Bonchev–Trinajstić information content (AvgIpc) is 2.53. The van der Waals surface area contributed by atoms with Gasteiger partial charge in [0, 0.05) is 16.7 Å². The van der Waals surface area contributed by atoms with E-state index in [0.717, 1.165) is 6.07 Å². The van der Waals surface area contributed by atoms with Gasteiger partial charge in [-0.2, -0.15) is 0 Å². The molecule has 0 aliphatic heterocycles. The predicted molar refractivity (Wildman–Crippen MR) is 88.7 cm³/mol. The highest BCUT2D eigenvalue weighted by Crippen LogP contribution is 2.29. The van der Waals surface area contributed by atoms with Crippen LogP contribution in [0.15, 0.2) is 42.5 Å². The van der Waals surface area contributed by atoms with Crippen LogP contribution >= 0.6 is 11.6 Å². The minimum absolute atomic E-state index is 0.0700. The second-order valence-corrected chi connectivity index (χ2v) is 5.24. The predicted octanol–water partition coefficient (Wildman–Crippen LogP) is 3.47. The molecule has 0 radical (unpaired) electrons. The first kappa shape index (κ1) is 17.4. The number of amides is 1. The van der Waals surface area contributed by atoms with Gasteiger partial charge in [0.2, 0.25) is 0 Å². The second kappa shape index (κ2) is 7.56. The number of carbonyl (C=O) groups excluding carboxylic acids is 2. The summed E-state index contributed by atoms with van der Waals surface area (Å²) in [5, 5.41) is 13.7. The second-order valence-electron chi connectivity index (χ2n) is 4.81. The van der Waals surface area contributed by atoms with Gasteiger partial charge in [-0.25, -0.2) is 0 Å². The molecule has 24 heavy (non-hydrogen) atoms. The smallest absolute Gasteiger partial charge is 0.312 e. The molecule has 0 unspecified atom stereocenters. The maximum absolute atomic E-state index is 12.0. The molecule has 0 aliphatic rings. The van der Waals surface area contributed by atoms with Gasteiger partial charge in [-0.3, -0.25) is 19.7 Å². The monoisotopic (exact) mass is 348 g/mol. The number of anilines is 1. The Morgan fingerprint density at radius 3 is 2.62 bits per heavy atom. The quantitative estimate of drug-likeness (QED) is 0.489. The fourth-order valence-corrected chi connectivity index (χ4v) is 2.15. The van der Waals surface area contributed by atoms with Crippen LogP contribution in [0.2, 0.25) is 5.02 Å². The van der Waals surface area contributed by atoms with Crippen molar-refractivity contribution in [3.05, 3.63) is 63.2 Å². The molecule has 7 nitrogen and oxygen atoms in total. The summed E-state index contributed by atoms with van der Waals surface area (Å²) in [6, 6.07) is 10.4. The molecule has 0 aliphatic carbocycles. The van der Waals surface area contributed by atoms with Crippen molar-refractivity contribution in [2.24, 2.45) is 0 Å². The van der Waals surface area contributed by atoms with E-state index in [-0.39, 0.29) is 22.2 Å². The summed E-state index contributed by atoms with van der Waals surface area (Å²) < 4.78 is 5.19. The van der Waals surface area contributed by atoms with Gasteiger partial charge in [-0.15, -0.1) is 0 Å². The molecule has 1 N–H and O–H groups in total. The molecule has 0 aromatic heterocycles. The van der Waals surface area contributed by atoms with Crippen molar-refractivity contribution in [3.63, 3.8) is 0 Å². The van der Waals surface area contributed by atoms with E-state index in [4.69, 9.17) is 16.3 Å². The lowest BCUT2D eigenvalue weighted by Crippen LogP contribution is -2.21. The highest BCUT2D eigenvalue weighted by Gasteiger charge is 2.17. The van der Waals surface area contributed by atoms with Crippen molar-refractivity contribution in [3.8, 4) is 5.75 Å². The van der Waals surface area contributed by atoms with Gasteiger partial charge in [0.05, 0.1) is 10.6 Å². The molecule has 2 aromatic rings. The zero-order chi connectivity index (χ0) is 17.7. The van der Waals surface area contributed by atoms with E-state index < -0.39 is 17.4 Å². The summed E-state index contributed by atoms with van der Waals surface area (Å²) in [6.45, 7) is 0.938. The Kier molecular flexibility index (Phi) is 5.49. The first-order chi connectivity index (χ1) is 11.4. The molecular formula is C16H13ClN2O5. The number of halogens is 1. The van der Waals surface area contributed by atoms with Gasteiger partial charge < -0.3 is 10.1 Å². The largest absolute Gasteiger partial charge is 0.477 e. The first-order valence-electron chi connectivity index (χ1n) is 6.85. The number of nitro benzene ring substituents is 1. The fourth-order valence-electron chi connectivity index (χ4n) is 1.98. The molecule has 2 aromatic carbocycles. The number of ether oxygens (including phenoxy) is 1. The molecule has 124 valence electrons. The molecule has 1 amide bonds. The summed E-state index contributed by atoms with van der Waals surface area (Å²) in [4.78, 5) is 33.8. The maximum atomic E-state index is 12.0. The number of nitro groups is 1. The summed E-state index contributed by atoms with van der Waals surface area (Å²) in [7, 11) is 0. The van der Waals surface area contributed by atoms with Crippen molar-refractivity contribution in [2.45, 2.75) is 6.92 Å². The van der Waals surface area contributed by atoms with E-state index in [1.54, 1.807) is 24.3 Å². The van der Waals surface area contributed by atoms with Crippen molar-refractivity contribution >= 4 is 34.7 Å². The van der Waals surface area contributed by atoms with Gasteiger partial charge in [0.1, 0.15) is 0 Å². The highest BCUT2D eigenvalue weighted by molar-refractivity contribution is 6.30. The van der Waals surface area contributed by atoms with Crippen LogP contribution in [0.1, 0.15) is 17.3 Å². The third-order valence-corrected chi connectivity index (χ3v) is 3.29. The van der Waals surface area contributed by atoms with Crippen LogP contribution < -0.4 is 10.1 Å². The Morgan fingerprint density at radius 1 is 1.25 bits per heavy atom. The third kappa shape index (κ3) is 4.30. The van der Waals surface area contributed by atoms with Crippen LogP contribution in [0.3, 0.4) is 0 Å². The molecule has 0 heterocycles. The van der Waals surface area contributed by atoms with Crippen LogP contribution in [0, 0.1) is 10.1 Å². The molecule has 0 atom stereocenters. The maximum Gasteiger partial charge on any atom is 0.312 e. The van der Waals surface area contributed by atoms with Gasteiger partial charge in [-0.1, -0.05) is 23.7 Å². The normalized spacial score (nSPS) is 10.1. The minimum atomic E-state index is -0.649. The van der Waals surface area contributed by atoms with E-state index in [1.165, 1.54) is 19.1 Å². The lowest BCUT2D eigenvalue weighted by molar-refractivity contribution is -0.385. The Hall–Kier alpha value is -2.93. The van der Waals surface area contributed by atoms with Crippen LogP contribution in [0.5, 0.6) is 5.75 Å². The number of nitrogens with one attached hydrogen (secondary N) is 1. The average molecular weight is 349 g/mol. The first-order valence-corrected chi connectivity index (χ1v) is 7.23. The Morgan fingerprint density at radius 2 is 1.96 bits per heavy atom. The van der Waals surface area contributed by atoms with Crippen LogP contribution in [0.25, 0.3) is 0 Å². The molecular weight excluding hydrogens is 336 g/mol. The minimum Gasteiger partial charge on any atom is -0.477 e. The van der Waals surface area contributed by atoms with Gasteiger partial charge in [-0.05, 0) is 31.2 Å². The zero-order valence-electron chi connectivity index (χ0n) is 12.6. The zero-order valence-corrected chi connectivity index (χ0v) is 13.4. The molecule has 0 spiro atoms. The standard InChI is InChI=1S/C16H13ClN2O5/c1-10(20)12-4-2-3-5-13(12)18-16(21)9-24-15-7-6-11(17)8-14(15)19(22)23/h2-8H,9H2,1H3,(H,18,21). The molecule has 8 heteroatoms. The summed E-state index contributed by atoms with van der Waals surface area (Å²) in [5.74, 6) is -0.812. The van der Waals surface area contributed by atoms with E-state index in [9.17, 15) is 19.7 Å². The van der Waals surface area contributed by atoms with Crippen molar-refractivity contribution in [1.82, 2.24) is 0 Å². The summed E-state index contributed by atoms with van der Waals surface area (Å²) in [5.41, 5.74) is 0.381. The topological polar surface area (TPSA) is 98.5 Å². The number of hydrogen-bond donors (Lipinski definition) is 1. The van der Waals surface area contributed by atoms with E-state index in [1.807, 2.05) is 0 Å². The molecule has 0 saturated heterocycles. The number of rotatable bonds is 6. The Labute approximate surface area is 142 Å². The van der Waals surface area contributed by atoms with E-state index in [2.05, 4.69) is 5.32 Å². The summed E-state index contributed by atoms with van der Waals surface area (Å²) in [6.07, 6.45) is 0. The molecule has 0 fully saturated rings. The number of nitrogens with zero attached hydrogens (tertiary/aromatic N) is 1. The Balaban J connectivity index is 2.07. The lowest BCUT2D eigenvalue weighted by atomic mass is 10.1. The molecule has 0 saturated carbocycles. The molecule has 2 rings (SSSR count). The van der Waals surface area contributed by atoms with E-state index in [0.29, 0.717) is 11.3 Å². The fraction of sp³-hybridized carbons (Fsp3) is 0.125. The number of para-hydroxylation sites is 1. The number of carbonyl (C=O) groups is 2. The van der Waals surface area contributed by atoms with Crippen molar-refractivity contribution in [2.75, 3.05) is 11.9 Å². The highest BCUT2D eigenvalue weighted by atomic mass is 35.5. The van der Waals surface area contributed by atoms with Crippen molar-refractivity contribution < 1.29 is 19.2 Å². The van der Waals surface area contributed by atoms with Crippen LogP contribution in [0.4, 0.5) is 11.4 Å². The van der Waals surface area contributed by atoms with Gasteiger partial charge in [0.25, 0.3) is 5.91 Å². The summed E-state index contributed by atoms with van der Waals surface area (Å²) >= 11 is 5.71. The Bertz CT molecular complexity index is 807. The number of hydrogen-bond acceptors (Lipinski definition) is 5. The van der Waals surface area contributed by atoms with E-state index >= 15 is 0 Å². The molecule has 0 bridgehead atoms. The van der Waals surface area contributed by atoms with Crippen LogP contribution in [-0.2, 0) is 4.79 Å². The van der Waals surface area contributed by atoms with Gasteiger partial charge in [0.15, 0.2) is 18.1 Å². The van der Waals surface area contributed by atoms with Crippen LogP contribution in [-0.4, -0.2) is 23.2 Å². The number of benzene rings is 2. The SMILES string of the molecule is CC(=O)c1ccccc1NC(=O)COc1ccc(Cl)cc1[N+](=O)[O-]. The van der Waals surface area contributed by atoms with Crippen molar-refractivity contribution in [1.29, 1.82) is 0 Å². The third-order valence-electron chi connectivity index (χ3n) is 3.06. The number of ketones is 1. The van der Waals surface area contributed by atoms with Gasteiger partial charge >= 0.3 is 5.69 Å².